The van der Waals surface area contributed by atoms with Gasteiger partial charge in [0, 0.05) is 39.1 Å². The van der Waals surface area contributed by atoms with Crippen molar-refractivity contribution in [3.8, 4) is 0 Å². The smallest absolute Gasteiger partial charge is 0.133 e. The van der Waals surface area contributed by atoms with Crippen LogP contribution in [0, 0.1) is 6.92 Å². The van der Waals surface area contributed by atoms with Gasteiger partial charge >= 0.3 is 0 Å². The van der Waals surface area contributed by atoms with Gasteiger partial charge in [0.2, 0.25) is 0 Å². The molecule has 4 heterocycles. The number of aromatic nitrogens is 4. The van der Waals surface area contributed by atoms with E-state index in [0.717, 1.165) is 42.4 Å². The molecule has 1 atom stereocenters. The normalized spacial score (nSPS) is 17.8. The number of morpholine rings is 1. The lowest BCUT2D eigenvalue weighted by molar-refractivity contribution is -0.0356. The van der Waals surface area contributed by atoms with Gasteiger partial charge in [-0.05, 0) is 36.8 Å². The van der Waals surface area contributed by atoms with Gasteiger partial charge in [0.25, 0.3) is 0 Å². The largest absolute Gasteiger partial charge is 0.369 e. The second-order valence-corrected chi connectivity index (χ2v) is 6.81. The van der Waals surface area contributed by atoms with Gasteiger partial charge in [-0.15, -0.1) is 0 Å². The number of nitrogens with one attached hydrogen (secondary N) is 1. The van der Waals surface area contributed by atoms with Crippen molar-refractivity contribution in [2.45, 2.75) is 19.6 Å². The molecule has 1 unspecified atom stereocenters. The maximum atomic E-state index is 5.96. The average molecular weight is 364 g/mol. The minimum absolute atomic E-state index is 0.0161. The molecule has 0 spiro atoms. The highest BCUT2D eigenvalue weighted by molar-refractivity contribution is 5.57. The zero-order valence-corrected chi connectivity index (χ0v) is 15.7. The van der Waals surface area contributed by atoms with Crippen LogP contribution in [-0.4, -0.2) is 44.3 Å². The highest BCUT2D eigenvalue weighted by Gasteiger charge is 2.23. The first-order valence-electron chi connectivity index (χ1n) is 9.14. The molecule has 1 N–H and O–H groups in total. The van der Waals surface area contributed by atoms with Crippen molar-refractivity contribution >= 4 is 11.5 Å². The van der Waals surface area contributed by atoms with E-state index in [-0.39, 0.29) is 6.10 Å². The molecule has 4 rings (SSSR count). The third-order valence-electron chi connectivity index (χ3n) is 4.85. The molecule has 3 aromatic rings. The Morgan fingerprint density at radius 1 is 1.19 bits per heavy atom. The van der Waals surface area contributed by atoms with Crippen LogP contribution >= 0.6 is 0 Å². The summed E-state index contributed by atoms with van der Waals surface area (Å²) in [6.45, 7) is 5.35. The first-order chi connectivity index (χ1) is 13.2. The van der Waals surface area contributed by atoms with Gasteiger partial charge in [-0.1, -0.05) is 6.07 Å². The first-order valence-corrected chi connectivity index (χ1v) is 9.14. The zero-order chi connectivity index (χ0) is 18.6. The summed E-state index contributed by atoms with van der Waals surface area (Å²) < 4.78 is 7.88. The molecule has 140 valence electrons. The van der Waals surface area contributed by atoms with Gasteiger partial charge in [0.1, 0.15) is 11.9 Å². The van der Waals surface area contributed by atoms with Gasteiger partial charge in [-0.3, -0.25) is 14.6 Å². The molecule has 1 saturated heterocycles. The summed E-state index contributed by atoms with van der Waals surface area (Å²) in [7, 11) is 1.98. The summed E-state index contributed by atoms with van der Waals surface area (Å²) >= 11 is 0. The van der Waals surface area contributed by atoms with Crippen LogP contribution < -0.4 is 5.32 Å². The second-order valence-electron chi connectivity index (χ2n) is 6.81. The lowest BCUT2D eigenvalue weighted by Crippen LogP contribution is -2.38. The van der Waals surface area contributed by atoms with E-state index in [4.69, 9.17) is 4.74 Å². The maximum Gasteiger partial charge on any atom is 0.133 e. The summed E-state index contributed by atoms with van der Waals surface area (Å²) in [5, 5.41) is 7.56. The van der Waals surface area contributed by atoms with E-state index < -0.39 is 0 Å². The van der Waals surface area contributed by atoms with E-state index in [1.54, 1.807) is 6.20 Å². The molecule has 0 aromatic carbocycles. The molecular formula is C20H24N6O. The van der Waals surface area contributed by atoms with Crippen LogP contribution in [0.15, 0.2) is 48.9 Å². The molecule has 1 aliphatic heterocycles. The van der Waals surface area contributed by atoms with E-state index >= 15 is 0 Å². The van der Waals surface area contributed by atoms with E-state index in [0.29, 0.717) is 6.61 Å². The van der Waals surface area contributed by atoms with Gasteiger partial charge in [0.05, 0.1) is 29.9 Å². The topological polar surface area (TPSA) is 68.1 Å². The first kappa shape index (κ1) is 17.6. The van der Waals surface area contributed by atoms with Crippen LogP contribution in [0.5, 0.6) is 0 Å². The Balaban J connectivity index is 1.41. The van der Waals surface area contributed by atoms with Crippen molar-refractivity contribution in [2.24, 2.45) is 7.05 Å². The van der Waals surface area contributed by atoms with Crippen LogP contribution in [-0.2, 0) is 18.3 Å². The molecule has 1 fully saturated rings. The third-order valence-corrected chi connectivity index (χ3v) is 4.85. The Labute approximate surface area is 159 Å². The van der Waals surface area contributed by atoms with Crippen molar-refractivity contribution in [3.05, 3.63) is 65.9 Å². The molecule has 0 amide bonds. The molecule has 27 heavy (non-hydrogen) atoms. The predicted molar refractivity (Wildman–Crippen MR) is 104 cm³/mol. The summed E-state index contributed by atoms with van der Waals surface area (Å²) in [4.78, 5) is 11.4. The predicted octanol–water partition coefficient (Wildman–Crippen LogP) is 2.84. The van der Waals surface area contributed by atoms with E-state index in [1.165, 1.54) is 5.69 Å². The number of hydrogen-bond donors (Lipinski definition) is 1. The Morgan fingerprint density at radius 3 is 2.85 bits per heavy atom. The highest BCUT2D eigenvalue weighted by atomic mass is 16.5. The molecule has 0 radical (unpaired) electrons. The molecule has 0 bridgehead atoms. The van der Waals surface area contributed by atoms with Crippen LogP contribution in [0.2, 0.25) is 0 Å². The molecule has 0 saturated carbocycles. The van der Waals surface area contributed by atoms with E-state index in [2.05, 4.69) is 31.3 Å². The van der Waals surface area contributed by atoms with Crippen LogP contribution in [0.3, 0.4) is 0 Å². The minimum atomic E-state index is -0.0161. The third kappa shape index (κ3) is 4.15. The number of ether oxygens (including phenoxy) is 1. The van der Waals surface area contributed by atoms with Crippen molar-refractivity contribution in [1.29, 1.82) is 0 Å². The minimum Gasteiger partial charge on any atom is -0.369 e. The zero-order valence-electron chi connectivity index (χ0n) is 15.7. The lowest BCUT2D eigenvalue weighted by atomic mass is 10.1. The Kier molecular flexibility index (Phi) is 5.13. The van der Waals surface area contributed by atoms with Gasteiger partial charge in [-0.2, -0.15) is 5.10 Å². The number of rotatable bonds is 5. The summed E-state index contributed by atoms with van der Waals surface area (Å²) in [6, 6.07) is 10.1. The fraction of sp³-hybridized carbons (Fsp3) is 0.350. The van der Waals surface area contributed by atoms with Crippen molar-refractivity contribution in [2.75, 3.05) is 25.0 Å². The highest BCUT2D eigenvalue weighted by Crippen LogP contribution is 2.24. The fourth-order valence-corrected chi connectivity index (χ4v) is 3.23. The number of nitrogens with zero attached hydrogens (tertiary/aromatic N) is 5. The Hall–Kier alpha value is -2.77. The monoisotopic (exact) mass is 364 g/mol. The summed E-state index contributed by atoms with van der Waals surface area (Å²) in [6.07, 6.45) is 5.44. The van der Waals surface area contributed by atoms with Crippen molar-refractivity contribution in [3.63, 3.8) is 0 Å². The van der Waals surface area contributed by atoms with Crippen LogP contribution in [0.1, 0.15) is 23.1 Å². The summed E-state index contributed by atoms with van der Waals surface area (Å²) in [5.41, 5.74) is 4.17. The molecule has 7 nitrogen and oxygen atoms in total. The second kappa shape index (κ2) is 7.85. The lowest BCUT2D eigenvalue weighted by Gasteiger charge is -2.32. The van der Waals surface area contributed by atoms with Gasteiger partial charge in [-0.25, -0.2) is 4.98 Å². The molecule has 0 aliphatic carbocycles. The van der Waals surface area contributed by atoms with Crippen molar-refractivity contribution in [1.82, 2.24) is 24.6 Å². The van der Waals surface area contributed by atoms with Crippen molar-refractivity contribution < 1.29 is 4.74 Å². The maximum absolute atomic E-state index is 5.96. The number of pyridine rings is 2. The standard InChI is InChI=1S/C20H24N6O/c1-15-4-3-8-21-20(15)24-16-5-6-18(22-12-16)19-14-26(10-11-27-19)13-17-7-9-23-25(17)2/h3-9,12,19H,10-11,13-14H2,1-2H3,(H,21,24). The molecule has 7 heteroatoms. The van der Waals surface area contributed by atoms with Crippen LogP contribution in [0.4, 0.5) is 11.5 Å². The number of anilines is 2. The number of hydrogen-bond acceptors (Lipinski definition) is 6. The molecule has 1 aliphatic rings. The SMILES string of the molecule is Cc1cccnc1Nc1ccc(C2CN(Cc3ccnn3C)CCO2)nc1. The van der Waals surface area contributed by atoms with Gasteiger partial charge in [0.15, 0.2) is 0 Å². The number of aryl methyl sites for hydroxylation is 2. The van der Waals surface area contributed by atoms with Crippen LogP contribution in [0.25, 0.3) is 0 Å². The molecule has 3 aromatic heterocycles. The van der Waals surface area contributed by atoms with Gasteiger partial charge < -0.3 is 10.1 Å². The van der Waals surface area contributed by atoms with E-state index in [1.807, 2.05) is 55.3 Å². The Bertz CT molecular complexity index is 891. The summed E-state index contributed by atoms with van der Waals surface area (Å²) in [5.74, 6) is 0.850. The Morgan fingerprint density at radius 2 is 2.11 bits per heavy atom. The molecular weight excluding hydrogens is 340 g/mol. The fourth-order valence-electron chi connectivity index (χ4n) is 3.23. The average Bonchev–Trinajstić information content (AvgIpc) is 3.09. The van der Waals surface area contributed by atoms with E-state index in [9.17, 15) is 0 Å². The quantitative estimate of drug-likeness (QED) is 0.751.